The van der Waals surface area contributed by atoms with Crippen LogP contribution in [-0.2, 0) is 10.0 Å². The van der Waals surface area contributed by atoms with Gasteiger partial charge in [-0.2, -0.15) is 0 Å². The van der Waals surface area contributed by atoms with Crippen LogP contribution in [0.5, 0.6) is 5.75 Å². The lowest BCUT2D eigenvalue weighted by Gasteiger charge is -2.12. The third-order valence-electron chi connectivity index (χ3n) is 4.89. The number of halogens is 1. The molecule has 0 saturated carbocycles. The van der Waals surface area contributed by atoms with Gasteiger partial charge in [0.1, 0.15) is 12.4 Å². The fourth-order valence-electron chi connectivity index (χ4n) is 3.40. The van der Waals surface area contributed by atoms with E-state index in [0.717, 1.165) is 21.9 Å². The average Bonchev–Trinajstić information content (AvgIpc) is 2.79. The summed E-state index contributed by atoms with van der Waals surface area (Å²) >= 11 is 6.23. The second-order valence-electron chi connectivity index (χ2n) is 6.94. The molecule has 6 nitrogen and oxygen atoms in total. The van der Waals surface area contributed by atoms with Crippen LogP contribution >= 0.6 is 11.6 Å². The van der Waals surface area contributed by atoms with Gasteiger partial charge in [0.25, 0.3) is 0 Å². The summed E-state index contributed by atoms with van der Waals surface area (Å²) in [6.07, 6.45) is 3.24. The van der Waals surface area contributed by atoms with Gasteiger partial charge in [-0.25, -0.2) is 13.1 Å². The maximum Gasteiger partial charge on any atom is 0.241 e. The minimum absolute atomic E-state index is 0. The lowest BCUT2D eigenvalue weighted by atomic mass is 10.1. The van der Waals surface area contributed by atoms with Gasteiger partial charge in [-0.15, -0.1) is 0 Å². The number of aromatic nitrogens is 1. The number of nitrogens with zero attached hydrogens (tertiary/aromatic N) is 1. The third-order valence-corrected chi connectivity index (χ3v) is 6.74. The Morgan fingerprint density at radius 3 is 2.53 bits per heavy atom. The Morgan fingerprint density at radius 1 is 0.875 bits per heavy atom. The first-order chi connectivity index (χ1) is 15.1. The molecule has 0 saturated heterocycles. The first-order valence-corrected chi connectivity index (χ1v) is 11.8. The Bertz CT molecular complexity index is 1310. The van der Waals surface area contributed by atoms with Gasteiger partial charge < -0.3 is 10.1 Å². The summed E-state index contributed by atoms with van der Waals surface area (Å²) in [5.74, 6) is 0.771. The molecule has 0 atom stereocenters. The molecular weight excluding hydrogens is 446 g/mol. The van der Waals surface area contributed by atoms with Crippen LogP contribution in [0.1, 0.15) is 7.43 Å². The minimum atomic E-state index is -3.61. The molecule has 3 aromatic carbocycles. The molecule has 0 unspecified atom stereocenters. The molecule has 0 aliphatic rings. The highest BCUT2D eigenvalue weighted by molar-refractivity contribution is 7.89. The zero-order valence-electron chi connectivity index (χ0n) is 16.7. The van der Waals surface area contributed by atoms with E-state index in [-0.39, 0.29) is 18.9 Å². The van der Waals surface area contributed by atoms with E-state index in [1.807, 2.05) is 42.5 Å². The van der Waals surface area contributed by atoms with E-state index in [2.05, 4.69) is 15.0 Å². The molecule has 4 rings (SSSR count). The van der Waals surface area contributed by atoms with Crippen molar-refractivity contribution in [3.8, 4) is 5.75 Å². The van der Waals surface area contributed by atoms with Gasteiger partial charge in [-0.05, 0) is 24.3 Å². The Labute approximate surface area is 193 Å². The molecule has 0 spiro atoms. The van der Waals surface area contributed by atoms with Gasteiger partial charge in [0, 0.05) is 58.6 Å². The van der Waals surface area contributed by atoms with E-state index in [1.165, 1.54) is 0 Å². The number of nitrogens with one attached hydrogen (secondary N) is 2. The molecular formula is C24H26ClN3O3S. The zero-order valence-corrected chi connectivity index (χ0v) is 18.3. The van der Waals surface area contributed by atoms with Crippen molar-refractivity contribution in [3.63, 3.8) is 0 Å². The molecule has 0 aliphatic carbocycles. The standard InChI is InChI=1S/C23H22ClN3O3S.CH4/c24-21-8-9-22(20-6-2-1-5-19(20)21)30-15-14-25-12-13-27-31(28,29)23-7-3-4-17-16-26-11-10-18(17)23;/h1-11,16,25,27H,12-15H2;1H4. The highest BCUT2D eigenvalue weighted by Crippen LogP contribution is 2.31. The second kappa shape index (κ2) is 10.7. The molecule has 168 valence electrons. The van der Waals surface area contributed by atoms with Crippen LogP contribution in [-0.4, -0.2) is 39.6 Å². The van der Waals surface area contributed by atoms with Gasteiger partial charge in [0.05, 0.1) is 4.90 Å². The van der Waals surface area contributed by atoms with Gasteiger partial charge in [0.15, 0.2) is 0 Å². The van der Waals surface area contributed by atoms with Crippen LogP contribution in [0, 0.1) is 0 Å². The topological polar surface area (TPSA) is 80.3 Å². The molecule has 4 aromatic rings. The Hall–Kier alpha value is -2.71. The Kier molecular flexibility index (Phi) is 8.04. The lowest BCUT2D eigenvalue weighted by molar-refractivity contribution is 0.318. The number of rotatable bonds is 9. The van der Waals surface area contributed by atoms with Crippen molar-refractivity contribution in [2.75, 3.05) is 26.2 Å². The SMILES string of the molecule is C.O=S(=O)(NCCNCCOc1ccc(Cl)c2ccccc12)c1cccc2cnccc12. The Balaban J connectivity index is 0.00000289. The highest BCUT2D eigenvalue weighted by atomic mass is 35.5. The van der Waals surface area contributed by atoms with Crippen molar-refractivity contribution in [3.05, 3.63) is 78.1 Å². The molecule has 0 bridgehead atoms. The average molecular weight is 472 g/mol. The van der Waals surface area contributed by atoms with Gasteiger partial charge in [0.2, 0.25) is 10.0 Å². The summed E-state index contributed by atoms with van der Waals surface area (Å²) in [5, 5.41) is 7.24. The molecule has 8 heteroatoms. The maximum atomic E-state index is 12.7. The van der Waals surface area contributed by atoms with Crippen LogP contribution in [0.25, 0.3) is 21.5 Å². The van der Waals surface area contributed by atoms with Crippen molar-refractivity contribution < 1.29 is 13.2 Å². The number of hydrogen-bond donors (Lipinski definition) is 2. The van der Waals surface area contributed by atoms with Gasteiger partial charge in [-0.3, -0.25) is 4.98 Å². The van der Waals surface area contributed by atoms with E-state index >= 15 is 0 Å². The smallest absolute Gasteiger partial charge is 0.241 e. The van der Waals surface area contributed by atoms with E-state index in [4.69, 9.17) is 16.3 Å². The summed E-state index contributed by atoms with van der Waals surface area (Å²) in [7, 11) is -3.61. The fourth-order valence-corrected chi connectivity index (χ4v) is 4.88. The summed E-state index contributed by atoms with van der Waals surface area (Å²) in [6, 6.07) is 18.4. The number of ether oxygens (including phenoxy) is 1. The number of pyridine rings is 1. The van der Waals surface area contributed by atoms with Crippen LogP contribution in [0.3, 0.4) is 0 Å². The first kappa shape index (κ1) is 23.9. The molecule has 32 heavy (non-hydrogen) atoms. The zero-order chi connectivity index (χ0) is 21.7. The second-order valence-corrected chi connectivity index (χ2v) is 9.08. The van der Waals surface area contributed by atoms with Crippen molar-refractivity contribution in [1.82, 2.24) is 15.0 Å². The van der Waals surface area contributed by atoms with Gasteiger partial charge >= 0.3 is 0 Å². The van der Waals surface area contributed by atoms with Crippen LogP contribution in [0.2, 0.25) is 5.02 Å². The fraction of sp³-hybridized carbons (Fsp3) is 0.208. The Morgan fingerprint density at radius 2 is 1.69 bits per heavy atom. The highest BCUT2D eigenvalue weighted by Gasteiger charge is 2.16. The van der Waals surface area contributed by atoms with Crippen molar-refractivity contribution in [2.45, 2.75) is 12.3 Å². The maximum absolute atomic E-state index is 12.7. The molecule has 0 aliphatic heterocycles. The van der Waals surface area contributed by atoms with E-state index in [9.17, 15) is 8.42 Å². The molecule has 1 heterocycles. The molecule has 0 fully saturated rings. The first-order valence-electron chi connectivity index (χ1n) is 9.89. The van der Waals surface area contributed by atoms with E-state index < -0.39 is 10.0 Å². The molecule has 2 N–H and O–H groups in total. The van der Waals surface area contributed by atoms with Gasteiger partial charge in [-0.1, -0.05) is 55.4 Å². The summed E-state index contributed by atoms with van der Waals surface area (Å²) < 4.78 is 33.9. The number of sulfonamides is 1. The van der Waals surface area contributed by atoms with E-state index in [0.29, 0.717) is 30.1 Å². The molecule has 0 amide bonds. The summed E-state index contributed by atoms with van der Waals surface area (Å²) in [5.41, 5.74) is 0. The van der Waals surface area contributed by atoms with Crippen LogP contribution < -0.4 is 14.8 Å². The van der Waals surface area contributed by atoms with Crippen LogP contribution in [0.15, 0.2) is 78.0 Å². The van der Waals surface area contributed by atoms with E-state index in [1.54, 1.807) is 30.6 Å². The number of benzene rings is 3. The summed E-state index contributed by atoms with van der Waals surface area (Å²) in [4.78, 5) is 4.29. The van der Waals surface area contributed by atoms with Crippen molar-refractivity contribution in [1.29, 1.82) is 0 Å². The van der Waals surface area contributed by atoms with Crippen molar-refractivity contribution in [2.24, 2.45) is 0 Å². The molecule has 0 radical (unpaired) electrons. The number of hydrogen-bond acceptors (Lipinski definition) is 5. The van der Waals surface area contributed by atoms with Crippen molar-refractivity contribution >= 4 is 43.2 Å². The van der Waals surface area contributed by atoms with Crippen LogP contribution in [0.4, 0.5) is 0 Å². The predicted octanol–water partition coefficient (Wildman–Crippen LogP) is 4.62. The largest absolute Gasteiger partial charge is 0.492 e. The quantitative estimate of drug-likeness (QED) is 0.348. The monoisotopic (exact) mass is 471 g/mol. The predicted molar refractivity (Wildman–Crippen MR) is 131 cm³/mol. The summed E-state index contributed by atoms with van der Waals surface area (Å²) in [6.45, 7) is 1.79. The molecule has 1 aromatic heterocycles. The minimum Gasteiger partial charge on any atom is -0.492 e. The number of fused-ring (bicyclic) bond motifs is 2. The normalized spacial score (nSPS) is 11.4. The third kappa shape index (κ3) is 5.37. The lowest BCUT2D eigenvalue weighted by Crippen LogP contribution is -2.33.